The van der Waals surface area contributed by atoms with Crippen LogP contribution in [0.4, 0.5) is 0 Å². The van der Waals surface area contributed by atoms with Crippen molar-refractivity contribution in [3.05, 3.63) is 35.4 Å². The number of methoxy groups -OCH3 is 1. The first kappa shape index (κ1) is 16.9. The second-order valence-electron chi connectivity index (χ2n) is 6.58. The Bertz CT molecular complexity index is 608. The molecule has 0 spiro atoms. The Kier molecular flexibility index (Phi) is 5.49. The van der Waals surface area contributed by atoms with Crippen LogP contribution in [0.3, 0.4) is 0 Å². The van der Waals surface area contributed by atoms with Crippen LogP contribution >= 0.6 is 0 Å². The van der Waals surface area contributed by atoms with E-state index in [0.29, 0.717) is 37.7 Å². The first-order valence-corrected chi connectivity index (χ1v) is 8.62. The second kappa shape index (κ2) is 7.78. The summed E-state index contributed by atoms with van der Waals surface area (Å²) >= 11 is 0. The van der Waals surface area contributed by atoms with Crippen LogP contribution in [0.2, 0.25) is 0 Å². The van der Waals surface area contributed by atoms with E-state index in [1.807, 2.05) is 17.0 Å². The van der Waals surface area contributed by atoms with Gasteiger partial charge in [0.25, 0.3) is 0 Å². The molecule has 3 atom stereocenters. The van der Waals surface area contributed by atoms with Crippen molar-refractivity contribution in [1.29, 1.82) is 5.26 Å². The summed E-state index contributed by atoms with van der Waals surface area (Å²) in [5, 5.41) is 8.87. The van der Waals surface area contributed by atoms with Gasteiger partial charge in [-0.05, 0) is 30.5 Å². The first-order valence-electron chi connectivity index (χ1n) is 8.62. The number of hydrogen-bond donors (Lipinski definition) is 0. The highest BCUT2D eigenvalue weighted by molar-refractivity contribution is 5.79. The summed E-state index contributed by atoms with van der Waals surface area (Å²) in [5.41, 5.74) is 1.56. The Morgan fingerprint density at radius 3 is 2.88 bits per heavy atom. The lowest BCUT2D eigenvalue weighted by molar-refractivity contribution is -0.143. The summed E-state index contributed by atoms with van der Waals surface area (Å²) in [6.45, 7) is 1.84. The molecule has 0 radical (unpaired) electrons. The molecule has 0 aromatic heterocycles. The highest BCUT2D eigenvalue weighted by Gasteiger charge is 2.40. The average molecular weight is 328 g/mol. The van der Waals surface area contributed by atoms with Gasteiger partial charge in [-0.25, -0.2) is 0 Å². The van der Waals surface area contributed by atoms with Crippen LogP contribution in [0.1, 0.15) is 30.4 Å². The van der Waals surface area contributed by atoms with Gasteiger partial charge >= 0.3 is 0 Å². The van der Waals surface area contributed by atoms with Crippen molar-refractivity contribution in [3.8, 4) is 6.07 Å². The standard InChI is InChI=1S/C19H24N2O3/c1-23-18-4-2-3-16(18)17-13-24-10-9-21(17)19(22)11-14-5-7-15(12-20)8-6-14/h5-8,16-18H,2-4,9-11,13H2,1H3. The maximum atomic E-state index is 12.8. The van der Waals surface area contributed by atoms with E-state index in [-0.39, 0.29) is 18.1 Å². The minimum Gasteiger partial charge on any atom is -0.381 e. The van der Waals surface area contributed by atoms with Gasteiger partial charge in [0.15, 0.2) is 0 Å². The zero-order valence-electron chi connectivity index (χ0n) is 14.1. The molecule has 1 amide bonds. The Hall–Kier alpha value is -1.90. The molecule has 5 nitrogen and oxygen atoms in total. The molecule has 0 N–H and O–H groups in total. The van der Waals surface area contributed by atoms with E-state index >= 15 is 0 Å². The summed E-state index contributed by atoms with van der Waals surface area (Å²) in [7, 11) is 1.76. The highest BCUT2D eigenvalue weighted by atomic mass is 16.5. The van der Waals surface area contributed by atoms with Gasteiger partial charge in [-0.3, -0.25) is 4.79 Å². The number of benzene rings is 1. The number of carbonyl (C=O) groups excluding carboxylic acids is 1. The van der Waals surface area contributed by atoms with Crippen LogP contribution in [0.5, 0.6) is 0 Å². The van der Waals surface area contributed by atoms with Gasteiger partial charge < -0.3 is 14.4 Å². The van der Waals surface area contributed by atoms with Crippen LogP contribution in [0, 0.1) is 17.2 Å². The topological polar surface area (TPSA) is 62.6 Å². The number of amides is 1. The molecule has 128 valence electrons. The largest absolute Gasteiger partial charge is 0.381 e. The molecule has 5 heteroatoms. The number of nitriles is 1. The van der Waals surface area contributed by atoms with E-state index in [9.17, 15) is 4.79 Å². The van der Waals surface area contributed by atoms with Crippen molar-refractivity contribution in [2.45, 2.75) is 37.8 Å². The SMILES string of the molecule is COC1CCCC1C1COCCN1C(=O)Cc1ccc(C#N)cc1. The normalized spacial score (nSPS) is 27.0. The van der Waals surface area contributed by atoms with Gasteiger partial charge in [-0.2, -0.15) is 5.26 Å². The lowest BCUT2D eigenvalue weighted by Crippen LogP contribution is -2.54. The fourth-order valence-corrected chi connectivity index (χ4v) is 3.95. The molecule has 3 unspecified atom stereocenters. The molecule has 3 rings (SSSR count). The van der Waals surface area contributed by atoms with Gasteiger partial charge in [-0.15, -0.1) is 0 Å². The fraction of sp³-hybridized carbons (Fsp3) is 0.579. The number of hydrogen-bond acceptors (Lipinski definition) is 4. The van der Waals surface area contributed by atoms with E-state index < -0.39 is 0 Å². The fourth-order valence-electron chi connectivity index (χ4n) is 3.95. The molecule has 2 fully saturated rings. The molecule has 1 aromatic carbocycles. The number of ether oxygens (including phenoxy) is 2. The predicted octanol–water partition coefficient (Wildman–Crippen LogP) is 2.14. The van der Waals surface area contributed by atoms with E-state index in [2.05, 4.69) is 6.07 Å². The number of morpholine rings is 1. The number of carbonyl (C=O) groups is 1. The Morgan fingerprint density at radius 1 is 1.38 bits per heavy atom. The Morgan fingerprint density at radius 2 is 2.17 bits per heavy atom. The molecular formula is C19H24N2O3. The van der Waals surface area contributed by atoms with E-state index in [1.165, 1.54) is 0 Å². The molecule has 2 aliphatic rings. The second-order valence-corrected chi connectivity index (χ2v) is 6.58. The molecule has 1 aliphatic carbocycles. The van der Waals surface area contributed by atoms with Crippen LogP contribution in [0.25, 0.3) is 0 Å². The minimum atomic E-state index is 0.108. The molecule has 1 saturated carbocycles. The third-order valence-electron chi connectivity index (χ3n) is 5.22. The summed E-state index contributed by atoms with van der Waals surface area (Å²) in [5.74, 6) is 0.495. The van der Waals surface area contributed by atoms with E-state index in [4.69, 9.17) is 14.7 Å². The highest BCUT2D eigenvalue weighted by Crippen LogP contribution is 2.34. The van der Waals surface area contributed by atoms with Crippen LogP contribution in [-0.2, 0) is 20.7 Å². The summed E-state index contributed by atoms with van der Waals surface area (Å²) in [4.78, 5) is 14.8. The van der Waals surface area contributed by atoms with Crippen molar-refractivity contribution < 1.29 is 14.3 Å². The van der Waals surface area contributed by atoms with Crippen molar-refractivity contribution in [2.24, 2.45) is 5.92 Å². The minimum absolute atomic E-state index is 0.108. The maximum absolute atomic E-state index is 12.8. The lowest BCUT2D eigenvalue weighted by Gasteiger charge is -2.40. The van der Waals surface area contributed by atoms with Gasteiger partial charge in [0.1, 0.15) is 0 Å². The van der Waals surface area contributed by atoms with Gasteiger partial charge in [0.05, 0.1) is 43.4 Å². The van der Waals surface area contributed by atoms with Crippen molar-refractivity contribution in [2.75, 3.05) is 26.9 Å². The van der Waals surface area contributed by atoms with Crippen molar-refractivity contribution in [3.63, 3.8) is 0 Å². The van der Waals surface area contributed by atoms with Gasteiger partial charge in [0, 0.05) is 19.6 Å². The van der Waals surface area contributed by atoms with E-state index in [1.54, 1.807) is 19.2 Å². The van der Waals surface area contributed by atoms with Crippen molar-refractivity contribution in [1.82, 2.24) is 4.90 Å². The summed E-state index contributed by atoms with van der Waals surface area (Å²) < 4.78 is 11.3. The number of rotatable bonds is 4. The predicted molar refractivity (Wildman–Crippen MR) is 89.3 cm³/mol. The first-order chi connectivity index (χ1) is 11.7. The number of nitrogens with zero attached hydrogens (tertiary/aromatic N) is 2. The summed E-state index contributed by atoms with van der Waals surface area (Å²) in [6.07, 6.45) is 3.90. The quantitative estimate of drug-likeness (QED) is 0.849. The molecule has 1 aromatic rings. The lowest BCUT2D eigenvalue weighted by atomic mass is 9.93. The zero-order valence-corrected chi connectivity index (χ0v) is 14.1. The smallest absolute Gasteiger partial charge is 0.227 e. The van der Waals surface area contributed by atoms with Crippen LogP contribution in [0.15, 0.2) is 24.3 Å². The zero-order chi connectivity index (χ0) is 16.9. The van der Waals surface area contributed by atoms with Crippen LogP contribution in [-0.4, -0.2) is 49.8 Å². The molecule has 1 aliphatic heterocycles. The Balaban J connectivity index is 1.70. The summed E-state index contributed by atoms with van der Waals surface area (Å²) in [6, 6.07) is 9.45. The third kappa shape index (κ3) is 3.61. The van der Waals surface area contributed by atoms with E-state index in [0.717, 1.165) is 24.8 Å². The molecule has 1 heterocycles. The third-order valence-corrected chi connectivity index (χ3v) is 5.22. The average Bonchev–Trinajstić information content (AvgIpc) is 3.11. The molecule has 0 bridgehead atoms. The van der Waals surface area contributed by atoms with Gasteiger partial charge in [-0.1, -0.05) is 18.6 Å². The molecule has 24 heavy (non-hydrogen) atoms. The monoisotopic (exact) mass is 328 g/mol. The van der Waals surface area contributed by atoms with Crippen molar-refractivity contribution >= 4 is 5.91 Å². The Labute approximate surface area is 143 Å². The molecule has 1 saturated heterocycles. The maximum Gasteiger partial charge on any atom is 0.227 e. The molecular weight excluding hydrogens is 304 g/mol. The van der Waals surface area contributed by atoms with Crippen LogP contribution < -0.4 is 0 Å². The van der Waals surface area contributed by atoms with Gasteiger partial charge in [0.2, 0.25) is 5.91 Å².